The number of ether oxygens (including phenoxy) is 1. The van der Waals surface area contributed by atoms with E-state index in [4.69, 9.17) is 11.3 Å². The van der Waals surface area contributed by atoms with Crippen molar-refractivity contribution in [3.8, 4) is 22.8 Å². The highest BCUT2D eigenvalue weighted by Gasteiger charge is 2.32. The Balaban J connectivity index is 1.77. The molecule has 1 aliphatic heterocycles. The number of hydrogen-bond acceptors (Lipinski definition) is 1. The van der Waals surface area contributed by atoms with Crippen LogP contribution in [-0.4, -0.2) is 5.54 Å². The van der Waals surface area contributed by atoms with E-state index in [1.54, 1.807) is 0 Å². The van der Waals surface area contributed by atoms with Crippen LogP contribution in [0.4, 0.5) is 0 Å². The molecule has 34 heavy (non-hydrogen) atoms. The van der Waals surface area contributed by atoms with Gasteiger partial charge in [0.15, 0.2) is 5.75 Å². The van der Waals surface area contributed by atoms with Crippen LogP contribution in [0.15, 0.2) is 42.5 Å². The molecule has 5 rings (SSSR count). The van der Waals surface area contributed by atoms with Gasteiger partial charge >= 0.3 is 0 Å². The molecule has 1 aromatic heterocycles. The number of rotatable bonds is 4. The van der Waals surface area contributed by atoms with Crippen LogP contribution in [0.1, 0.15) is 49.9 Å². The second-order valence-electron chi connectivity index (χ2n) is 11.0. The standard InChI is InChI=1S/C31H33N2O/c1-18(2)11-22-14-24-12-19(3)20(4)28-29(24)26(15-22)34-27-16-23-13-21(17-31(5,6)32-7)9-10-25(23)33(8)30(27)28/h9-10,12-16,18H,11,17H2,1-6,8H3/q+1. The first-order valence-electron chi connectivity index (χ1n) is 12.2. The van der Waals surface area contributed by atoms with Gasteiger partial charge in [-0.25, -0.2) is 6.57 Å². The molecule has 0 radical (unpaired) electrons. The highest BCUT2D eigenvalue weighted by molar-refractivity contribution is 6.05. The van der Waals surface area contributed by atoms with Crippen molar-refractivity contribution in [2.75, 3.05) is 0 Å². The molecule has 0 bridgehead atoms. The average molecular weight is 450 g/mol. The molecule has 0 atom stereocenters. The number of fused-ring (bicyclic) bond motifs is 3. The SMILES string of the molecule is [C-]#[N+]C(C)(C)Cc1ccc2c(c1)cc1c([n+]2C)-c2c(C)c(C)cc3cc(CC(C)C)cc(c23)O1. The Morgan fingerprint density at radius 3 is 2.41 bits per heavy atom. The van der Waals surface area contributed by atoms with Crippen LogP contribution in [0.25, 0.3) is 37.8 Å². The maximum atomic E-state index is 7.50. The average Bonchev–Trinajstić information content (AvgIpc) is 2.75. The van der Waals surface area contributed by atoms with Crippen molar-refractivity contribution in [2.24, 2.45) is 13.0 Å². The van der Waals surface area contributed by atoms with Gasteiger partial charge in [0, 0.05) is 31.4 Å². The third-order valence-corrected chi connectivity index (χ3v) is 7.13. The zero-order valence-corrected chi connectivity index (χ0v) is 21.3. The Labute approximate surface area is 202 Å². The van der Waals surface area contributed by atoms with Crippen LogP contribution in [-0.2, 0) is 19.9 Å². The summed E-state index contributed by atoms with van der Waals surface area (Å²) in [5, 5.41) is 3.62. The molecule has 0 aliphatic carbocycles. The molecule has 3 nitrogen and oxygen atoms in total. The first-order valence-corrected chi connectivity index (χ1v) is 12.2. The maximum Gasteiger partial charge on any atom is 0.256 e. The summed E-state index contributed by atoms with van der Waals surface area (Å²) in [5.41, 5.74) is 8.29. The van der Waals surface area contributed by atoms with Crippen molar-refractivity contribution in [3.05, 3.63) is 76.1 Å². The molecule has 0 saturated carbocycles. The fourth-order valence-electron chi connectivity index (χ4n) is 5.43. The molecule has 3 heteroatoms. The Morgan fingerprint density at radius 1 is 0.971 bits per heavy atom. The minimum atomic E-state index is -0.406. The Bertz CT molecular complexity index is 1520. The Hall–Kier alpha value is -3.38. The number of nitrogens with zero attached hydrogens (tertiary/aromatic N) is 2. The normalized spacial score (nSPS) is 12.7. The molecule has 1 aliphatic rings. The molecule has 3 aromatic carbocycles. The van der Waals surface area contributed by atoms with Gasteiger partial charge in [-0.05, 0) is 66.0 Å². The lowest BCUT2D eigenvalue weighted by molar-refractivity contribution is -0.633. The van der Waals surface area contributed by atoms with Gasteiger partial charge in [-0.15, -0.1) is 0 Å². The van der Waals surface area contributed by atoms with Gasteiger partial charge in [-0.1, -0.05) is 32.0 Å². The molecular weight excluding hydrogens is 416 g/mol. The third kappa shape index (κ3) is 3.62. The van der Waals surface area contributed by atoms with E-state index in [-0.39, 0.29) is 0 Å². The van der Waals surface area contributed by atoms with Crippen molar-refractivity contribution < 1.29 is 9.30 Å². The number of pyridine rings is 1. The molecule has 172 valence electrons. The van der Waals surface area contributed by atoms with Crippen molar-refractivity contribution >= 4 is 21.7 Å². The minimum absolute atomic E-state index is 0.406. The van der Waals surface area contributed by atoms with Crippen molar-refractivity contribution in [2.45, 2.75) is 59.9 Å². The lowest BCUT2D eigenvalue weighted by Crippen LogP contribution is -2.33. The first kappa shape index (κ1) is 22.4. The number of hydrogen-bond donors (Lipinski definition) is 0. The molecular formula is C31H33N2O+. The van der Waals surface area contributed by atoms with Crippen LogP contribution in [0.3, 0.4) is 0 Å². The lowest BCUT2D eigenvalue weighted by atomic mass is 9.88. The summed E-state index contributed by atoms with van der Waals surface area (Å²) in [5.74, 6) is 2.45. The van der Waals surface area contributed by atoms with E-state index in [1.807, 2.05) is 13.8 Å². The van der Waals surface area contributed by atoms with Gasteiger partial charge in [0.25, 0.3) is 5.69 Å². The first-order chi connectivity index (χ1) is 16.1. The van der Waals surface area contributed by atoms with Crippen LogP contribution in [0.5, 0.6) is 11.5 Å². The fraction of sp³-hybridized carbons (Fsp3) is 0.355. The predicted molar refractivity (Wildman–Crippen MR) is 141 cm³/mol. The zero-order chi connectivity index (χ0) is 24.4. The van der Waals surface area contributed by atoms with Gasteiger partial charge in [0.1, 0.15) is 12.8 Å². The summed E-state index contributed by atoms with van der Waals surface area (Å²) in [6, 6.07) is 15.6. The predicted octanol–water partition coefficient (Wildman–Crippen LogP) is 7.65. The van der Waals surface area contributed by atoms with Crippen LogP contribution in [0, 0.1) is 26.3 Å². The number of benzene rings is 3. The topological polar surface area (TPSA) is 17.5 Å². The van der Waals surface area contributed by atoms with Crippen LogP contribution < -0.4 is 9.30 Å². The lowest BCUT2D eigenvalue weighted by Gasteiger charge is -2.23. The van der Waals surface area contributed by atoms with E-state index in [0.29, 0.717) is 5.92 Å². The highest BCUT2D eigenvalue weighted by atomic mass is 16.5. The molecule has 0 spiro atoms. The Kier molecular flexibility index (Phi) is 5.17. The smallest absolute Gasteiger partial charge is 0.256 e. The quantitative estimate of drug-likeness (QED) is 0.203. The van der Waals surface area contributed by atoms with Gasteiger partial charge in [0.2, 0.25) is 11.1 Å². The van der Waals surface area contributed by atoms with Gasteiger partial charge in [0.05, 0.1) is 17.4 Å². The summed E-state index contributed by atoms with van der Waals surface area (Å²) in [4.78, 5) is 3.80. The van der Waals surface area contributed by atoms with Gasteiger partial charge < -0.3 is 9.58 Å². The van der Waals surface area contributed by atoms with E-state index in [9.17, 15) is 0 Å². The molecule has 0 amide bonds. The van der Waals surface area contributed by atoms with E-state index >= 15 is 0 Å². The second kappa shape index (κ2) is 7.84. The van der Waals surface area contributed by atoms with E-state index in [0.717, 1.165) is 35.4 Å². The fourth-order valence-corrected chi connectivity index (χ4v) is 5.43. The number of aryl methyl sites for hydroxylation is 2. The monoisotopic (exact) mass is 449 g/mol. The second-order valence-corrected chi connectivity index (χ2v) is 11.0. The molecule has 4 aromatic rings. The van der Waals surface area contributed by atoms with Crippen LogP contribution >= 0.6 is 0 Å². The summed E-state index contributed by atoms with van der Waals surface area (Å²) in [7, 11) is 2.14. The maximum absolute atomic E-state index is 7.50. The van der Waals surface area contributed by atoms with Crippen LogP contribution in [0.2, 0.25) is 0 Å². The molecule has 0 unspecified atom stereocenters. The van der Waals surface area contributed by atoms with E-state index in [2.05, 4.69) is 86.6 Å². The van der Waals surface area contributed by atoms with Crippen molar-refractivity contribution in [1.29, 1.82) is 0 Å². The summed E-state index contributed by atoms with van der Waals surface area (Å²) in [6.45, 7) is 20.5. The molecule has 2 heterocycles. The molecule has 0 N–H and O–H groups in total. The Morgan fingerprint density at radius 2 is 1.71 bits per heavy atom. The minimum Gasteiger partial charge on any atom is -0.450 e. The van der Waals surface area contributed by atoms with Gasteiger partial charge in [-0.3, -0.25) is 0 Å². The van der Waals surface area contributed by atoms with Gasteiger partial charge in [-0.2, -0.15) is 4.57 Å². The zero-order valence-electron chi connectivity index (χ0n) is 21.3. The number of aromatic nitrogens is 1. The largest absolute Gasteiger partial charge is 0.450 e. The summed E-state index contributed by atoms with van der Waals surface area (Å²) in [6.07, 6.45) is 1.76. The van der Waals surface area contributed by atoms with Crippen molar-refractivity contribution in [3.63, 3.8) is 0 Å². The third-order valence-electron chi connectivity index (χ3n) is 7.13. The summed E-state index contributed by atoms with van der Waals surface area (Å²) >= 11 is 0. The van der Waals surface area contributed by atoms with E-state index < -0.39 is 5.54 Å². The molecule has 0 saturated heterocycles. The summed E-state index contributed by atoms with van der Waals surface area (Å²) < 4.78 is 8.93. The highest BCUT2D eigenvalue weighted by Crippen LogP contribution is 2.48. The van der Waals surface area contributed by atoms with E-state index in [1.165, 1.54) is 44.1 Å². The molecule has 0 fully saturated rings. The van der Waals surface area contributed by atoms with Crippen molar-refractivity contribution in [1.82, 2.24) is 0 Å².